The first-order valence-corrected chi connectivity index (χ1v) is 13.2. The van der Waals surface area contributed by atoms with Gasteiger partial charge in [-0.1, -0.05) is 64.5 Å². The number of benzene rings is 2. The van der Waals surface area contributed by atoms with Crippen LogP contribution in [0.5, 0.6) is 0 Å². The molecular weight excluding hydrogens is 700 g/mol. The van der Waals surface area contributed by atoms with Crippen LogP contribution in [-0.4, -0.2) is 76.6 Å². The summed E-state index contributed by atoms with van der Waals surface area (Å²) in [6, 6.07) is 5.82. The molecule has 4 N–H and O–H groups in total. The van der Waals surface area contributed by atoms with Crippen molar-refractivity contribution in [1.82, 2.24) is 10.2 Å². The van der Waals surface area contributed by atoms with E-state index in [1.165, 1.54) is 0 Å². The van der Waals surface area contributed by atoms with E-state index in [0.717, 1.165) is 24.3 Å². The number of carbonyl (C=O) groups is 1. The van der Waals surface area contributed by atoms with Gasteiger partial charge in [0.1, 0.15) is 6.04 Å². The molecule has 1 aliphatic rings. The molecule has 0 saturated carbocycles. The van der Waals surface area contributed by atoms with Gasteiger partial charge in [-0.15, -0.1) is 0 Å². The van der Waals surface area contributed by atoms with Crippen molar-refractivity contribution < 1.29 is 72.8 Å². The molecule has 0 amide bonds. The minimum atomic E-state index is -5.93. The van der Waals surface area contributed by atoms with Gasteiger partial charge in [0, 0.05) is 42.6 Å². The van der Waals surface area contributed by atoms with E-state index in [2.05, 4.69) is 21.2 Å². The van der Waals surface area contributed by atoms with E-state index in [0.29, 0.717) is 48.5 Å². The fourth-order valence-corrected chi connectivity index (χ4v) is 4.41. The largest absolute Gasteiger partial charge is 0.480 e. The standard InChI is InChI=1S/C15H16F6N2O3.C10H7BrF6O/c16-14(17,18)13(26,15(19,20)21)10-3-1-9(2-4-10)7-23-6-5-22-11(8-23)12(24)25;11-5-6-1-3-7(4-2-6)8(18,9(12,13)14)10(15,16)17/h1-4,11,22,26H,5-8H2,(H,24,25);1-4,18H,5H2. The van der Waals surface area contributed by atoms with Crippen LogP contribution in [0.15, 0.2) is 48.5 Å². The van der Waals surface area contributed by atoms with Gasteiger partial charge < -0.3 is 20.6 Å². The van der Waals surface area contributed by atoms with E-state index in [1.54, 1.807) is 4.90 Å². The molecule has 1 fully saturated rings. The van der Waals surface area contributed by atoms with E-state index in [4.69, 9.17) is 10.2 Å². The molecule has 19 heteroatoms. The zero-order valence-electron chi connectivity index (χ0n) is 21.8. The van der Waals surface area contributed by atoms with Gasteiger partial charge in [-0.3, -0.25) is 9.69 Å². The third-order valence-corrected chi connectivity index (χ3v) is 7.15. The second-order valence-electron chi connectivity index (χ2n) is 9.52. The Morgan fingerprint density at radius 3 is 1.41 bits per heavy atom. The summed E-state index contributed by atoms with van der Waals surface area (Å²) < 4.78 is 152. The number of piperazine rings is 1. The molecule has 0 aliphatic carbocycles. The summed E-state index contributed by atoms with van der Waals surface area (Å²) in [5, 5.41) is 30.4. The minimum absolute atomic E-state index is 0.145. The summed E-state index contributed by atoms with van der Waals surface area (Å²) in [6.07, 6.45) is -23.6. The molecule has 0 bridgehead atoms. The second-order valence-corrected chi connectivity index (χ2v) is 10.1. The van der Waals surface area contributed by atoms with Crippen LogP contribution in [0.1, 0.15) is 22.3 Å². The number of aliphatic carboxylic acids is 1. The van der Waals surface area contributed by atoms with Crippen LogP contribution < -0.4 is 5.32 Å². The molecule has 1 unspecified atom stereocenters. The number of alkyl halides is 13. The van der Waals surface area contributed by atoms with Gasteiger partial charge >= 0.3 is 30.7 Å². The maximum absolute atomic E-state index is 12.8. The predicted octanol–water partition coefficient (Wildman–Crippen LogP) is 5.75. The summed E-state index contributed by atoms with van der Waals surface area (Å²) in [5.41, 5.74) is -11.5. The minimum Gasteiger partial charge on any atom is -0.480 e. The quantitative estimate of drug-likeness (QED) is 0.224. The molecule has 1 atom stereocenters. The third-order valence-electron chi connectivity index (χ3n) is 6.50. The van der Waals surface area contributed by atoms with Crippen LogP contribution in [0, 0.1) is 0 Å². The highest BCUT2D eigenvalue weighted by molar-refractivity contribution is 9.08. The van der Waals surface area contributed by atoms with Crippen molar-refractivity contribution in [3.63, 3.8) is 0 Å². The molecule has 248 valence electrons. The van der Waals surface area contributed by atoms with Crippen LogP contribution in [0.4, 0.5) is 52.7 Å². The molecular formula is C25H23BrF12N2O4. The second kappa shape index (κ2) is 13.4. The predicted molar refractivity (Wildman–Crippen MR) is 132 cm³/mol. The molecule has 1 heterocycles. The van der Waals surface area contributed by atoms with Crippen LogP contribution in [-0.2, 0) is 27.9 Å². The SMILES string of the molecule is O=C(O)C1CN(Cc2ccc(C(O)(C(F)(F)F)C(F)(F)F)cc2)CCN1.OC(c1ccc(CBr)cc1)(C(F)(F)F)C(F)(F)F. The smallest absolute Gasteiger partial charge is 0.430 e. The molecule has 2 aromatic rings. The molecule has 1 saturated heterocycles. The Morgan fingerprint density at radius 1 is 0.727 bits per heavy atom. The van der Waals surface area contributed by atoms with Gasteiger partial charge in [0.05, 0.1) is 0 Å². The van der Waals surface area contributed by atoms with Crippen LogP contribution in [0.3, 0.4) is 0 Å². The summed E-state index contributed by atoms with van der Waals surface area (Å²) in [7, 11) is 0. The lowest BCUT2D eigenvalue weighted by molar-refractivity contribution is -0.376. The summed E-state index contributed by atoms with van der Waals surface area (Å²) in [5.74, 6) is -1.05. The van der Waals surface area contributed by atoms with E-state index >= 15 is 0 Å². The Bertz CT molecular complexity index is 1220. The van der Waals surface area contributed by atoms with Gasteiger partial charge in [-0.25, -0.2) is 0 Å². The normalized spacial score (nSPS) is 17.6. The van der Waals surface area contributed by atoms with Gasteiger partial charge in [0.15, 0.2) is 0 Å². The highest BCUT2D eigenvalue weighted by Crippen LogP contribution is 2.51. The van der Waals surface area contributed by atoms with Crippen molar-refractivity contribution in [1.29, 1.82) is 0 Å². The van der Waals surface area contributed by atoms with E-state index in [1.807, 2.05) is 0 Å². The number of aliphatic hydroxyl groups is 2. The first-order valence-electron chi connectivity index (χ1n) is 12.0. The number of rotatable bonds is 6. The Hall–Kier alpha value is -2.61. The molecule has 3 rings (SSSR count). The summed E-state index contributed by atoms with van der Waals surface area (Å²) in [6.45, 7) is 1.16. The molecule has 0 aromatic heterocycles. The van der Waals surface area contributed by atoms with E-state index in [9.17, 15) is 62.6 Å². The lowest BCUT2D eigenvalue weighted by Crippen LogP contribution is -2.54. The van der Waals surface area contributed by atoms with Crippen LogP contribution in [0.25, 0.3) is 0 Å². The number of carboxylic acids is 1. The van der Waals surface area contributed by atoms with Crippen molar-refractivity contribution in [2.45, 2.75) is 53.8 Å². The van der Waals surface area contributed by atoms with Gasteiger partial charge in [0.25, 0.3) is 11.2 Å². The zero-order valence-corrected chi connectivity index (χ0v) is 23.4. The first-order chi connectivity index (χ1) is 19.9. The molecule has 2 aromatic carbocycles. The molecule has 44 heavy (non-hydrogen) atoms. The third kappa shape index (κ3) is 7.96. The van der Waals surface area contributed by atoms with Gasteiger partial charge in [-0.05, 0) is 11.1 Å². The topological polar surface area (TPSA) is 93.0 Å². The molecule has 0 radical (unpaired) electrons. The lowest BCUT2D eigenvalue weighted by Gasteiger charge is -2.33. The average Bonchev–Trinajstić information content (AvgIpc) is 2.90. The first kappa shape index (κ1) is 37.6. The number of hydrogen-bond acceptors (Lipinski definition) is 5. The Labute approximate surface area is 249 Å². The Balaban J connectivity index is 0.000000329. The maximum Gasteiger partial charge on any atom is 0.430 e. The Kier molecular flexibility index (Phi) is 11.4. The monoisotopic (exact) mass is 722 g/mol. The average molecular weight is 723 g/mol. The Morgan fingerprint density at radius 2 is 1.09 bits per heavy atom. The number of nitrogens with one attached hydrogen (secondary N) is 1. The highest BCUT2D eigenvalue weighted by Gasteiger charge is 2.72. The zero-order chi connectivity index (χ0) is 33.9. The number of halogens is 13. The van der Waals surface area contributed by atoms with Crippen molar-refractivity contribution in [3.8, 4) is 0 Å². The van der Waals surface area contributed by atoms with Crippen molar-refractivity contribution in [2.75, 3.05) is 19.6 Å². The summed E-state index contributed by atoms with van der Waals surface area (Å²) >= 11 is 3.00. The lowest BCUT2D eigenvalue weighted by atomic mass is 9.91. The van der Waals surface area contributed by atoms with Crippen molar-refractivity contribution >= 4 is 21.9 Å². The van der Waals surface area contributed by atoms with Gasteiger partial charge in [0.2, 0.25) is 0 Å². The fraction of sp³-hybridized carbons (Fsp3) is 0.480. The summed E-state index contributed by atoms with van der Waals surface area (Å²) in [4.78, 5) is 12.7. The number of carboxylic acid groups (broad SMARTS) is 1. The number of hydrogen-bond donors (Lipinski definition) is 4. The van der Waals surface area contributed by atoms with Crippen molar-refractivity contribution in [3.05, 3.63) is 70.8 Å². The van der Waals surface area contributed by atoms with Crippen molar-refractivity contribution in [2.24, 2.45) is 0 Å². The van der Waals surface area contributed by atoms with E-state index in [-0.39, 0.29) is 18.4 Å². The molecule has 0 spiro atoms. The molecule has 1 aliphatic heterocycles. The number of nitrogens with zero attached hydrogens (tertiary/aromatic N) is 1. The van der Waals surface area contributed by atoms with Crippen LogP contribution >= 0.6 is 15.9 Å². The van der Waals surface area contributed by atoms with E-state index < -0.39 is 59.0 Å². The fourth-order valence-electron chi connectivity index (χ4n) is 4.04. The van der Waals surface area contributed by atoms with Gasteiger partial charge in [-0.2, -0.15) is 52.7 Å². The maximum atomic E-state index is 12.8. The molecule has 6 nitrogen and oxygen atoms in total. The van der Waals surface area contributed by atoms with Crippen LogP contribution in [0.2, 0.25) is 0 Å². The highest BCUT2D eigenvalue weighted by atomic mass is 79.9.